The molecule has 0 N–H and O–H groups in total. The van der Waals surface area contributed by atoms with E-state index in [0.29, 0.717) is 14.5 Å². The maximum absolute atomic E-state index is 5.16. The van der Waals surface area contributed by atoms with Gasteiger partial charge in [-0.1, -0.05) is 0 Å². The van der Waals surface area contributed by atoms with E-state index in [1.807, 2.05) is 34.9 Å². The van der Waals surface area contributed by atoms with Crippen molar-refractivity contribution in [1.82, 2.24) is 0 Å². The standard InChI is InChI=1S/C5H4S4Se/c6-5-9-3-4(10-5)8-2-1-7-3/h1-2H2. The minimum absolute atomic E-state index is 0.535. The van der Waals surface area contributed by atoms with Gasteiger partial charge < -0.3 is 0 Å². The van der Waals surface area contributed by atoms with Crippen LogP contribution in [0.2, 0.25) is 0 Å². The zero-order valence-corrected chi connectivity index (χ0v) is 9.93. The van der Waals surface area contributed by atoms with E-state index < -0.39 is 0 Å². The molecule has 1 aromatic rings. The Hall–Kier alpha value is 1.27. The van der Waals surface area contributed by atoms with Crippen molar-refractivity contribution >= 4 is 61.6 Å². The number of rotatable bonds is 0. The molecule has 2 rings (SSSR count). The van der Waals surface area contributed by atoms with Gasteiger partial charge in [0.25, 0.3) is 0 Å². The normalized spacial score (nSPS) is 16.8. The Morgan fingerprint density at radius 1 is 1.30 bits per heavy atom. The van der Waals surface area contributed by atoms with Gasteiger partial charge in [-0.2, -0.15) is 0 Å². The Morgan fingerprint density at radius 2 is 2.10 bits per heavy atom. The van der Waals surface area contributed by atoms with E-state index in [1.165, 1.54) is 18.4 Å². The molecule has 0 aliphatic carbocycles. The van der Waals surface area contributed by atoms with Crippen molar-refractivity contribution in [2.45, 2.75) is 7.98 Å². The van der Waals surface area contributed by atoms with E-state index >= 15 is 0 Å². The van der Waals surface area contributed by atoms with Crippen molar-refractivity contribution in [3.8, 4) is 0 Å². The van der Waals surface area contributed by atoms with Crippen molar-refractivity contribution < 1.29 is 0 Å². The first-order valence-corrected chi connectivity index (χ1v) is 7.67. The molecule has 0 spiro atoms. The third-order valence-corrected chi connectivity index (χ3v) is 9.06. The molecule has 0 bridgehead atoms. The molecule has 0 saturated carbocycles. The van der Waals surface area contributed by atoms with Crippen LogP contribution in [0, 0.1) is 2.70 Å². The molecule has 0 atom stereocenters. The number of hydrogen-bond donors (Lipinski definition) is 0. The van der Waals surface area contributed by atoms with Gasteiger partial charge in [-0.15, -0.1) is 0 Å². The van der Waals surface area contributed by atoms with E-state index in [2.05, 4.69) is 0 Å². The van der Waals surface area contributed by atoms with Crippen molar-refractivity contribution in [3.05, 3.63) is 2.70 Å². The van der Waals surface area contributed by atoms with E-state index in [-0.39, 0.29) is 0 Å². The first kappa shape index (κ1) is 7.89. The molecule has 0 unspecified atom stereocenters. The summed E-state index contributed by atoms with van der Waals surface area (Å²) in [6.45, 7) is 0. The SMILES string of the molecule is S=c1sc2c([se]1)SCCS2. The van der Waals surface area contributed by atoms with Gasteiger partial charge >= 0.3 is 83.8 Å². The molecular weight excluding hydrogens is 267 g/mol. The summed E-state index contributed by atoms with van der Waals surface area (Å²) >= 11 is 11.5. The van der Waals surface area contributed by atoms with Gasteiger partial charge in [0.15, 0.2) is 0 Å². The van der Waals surface area contributed by atoms with Crippen LogP contribution in [-0.4, -0.2) is 26.0 Å². The van der Waals surface area contributed by atoms with Crippen LogP contribution in [0.1, 0.15) is 0 Å². The Labute approximate surface area is 83.2 Å². The van der Waals surface area contributed by atoms with Crippen LogP contribution >= 0.6 is 47.1 Å². The van der Waals surface area contributed by atoms with Gasteiger partial charge in [0.05, 0.1) is 0 Å². The van der Waals surface area contributed by atoms with Gasteiger partial charge in [0.2, 0.25) is 0 Å². The molecule has 0 nitrogen and oxygen atoms in total. The number of hydrogen-bond acceptors (Lipinski definition) is 4. The minimum atomic E-state index is 0.535. The van der Waals surface area contributed by atoms with Crippen molar-refractivity contribution in [2.75, 3.05) is 11.5 Å². The predicted octanol–water partition coefficient (Wildman–Crippen LogP) is 2.73. The molecule has 1 aromatic heterocycles. The quantitative estimate of drug-likeness (QED) is 0.526. The van der Waals surface area contributed by atoms with E-state index in [4.69, 9.17) is 12.2 Å². The fourth-order valence-corrected chi connectivity index (χ4v) is 9.55. The van der Waals surface area contributed by atoms with E-state index in [1.54, 1.807) is 3.77 Å². The second-order valence-electron chi connectivity index (χ2n) is 1.73. The Kier molecular flexibility index (Phi) is 2.63. The van der Waals surface area contributed by atoms with Gasteiger partial charge in [0.1, 0.15) is 0 Å². The fourth-order valence-electron chi connectivity index (χ4n) is 0.701. The van der Waals surface area contributed by atoms with Gasteiger partial charge in [-0.05, 0) is 0 Å². The molecule has 0 saturated heterocycles. The maximum atomic E-state index is 5.16. The molecule has 1 aliphatic rings. The summed E-state index contributed by atoms with van der Waals surface area (Å²) in [6, 6.07) is 0. The molecule has 0 radical (unpaired) electrons. The van der Waals surface area contributed by atoms with Crippen LogP contribution in [0.3, 0.4) is 0 Å². The topological polar surface area (TPSA) is 0 Å². The van der Waals surface area contributed by atoms with Crippen molar-refractivity contribution in [1.29, 1.82) is 0 Å². The molecule has 0 amide bonds. The Balaban J connectivity index is 2.50. The summed E-state index contributed by atoms with van der Waals surface area (Å²) < 4.78 is 4.33. The third-order valence-electron chi connectivity index (χ3n) is 1.07. The molecule has 54 valence electrons. The van der Waals surface area contributed by atoms with Gasteiger partial charge in [-0.3, -0.25) is 0 Å². The fraction of sp³-hybridized carbons (Fsp3) is 0.400. The van der Waals surface area contributed by atoms with Crippen LogP contribution < -0.4 is 0 Å². The Morgan fingerprint density at radius 3 is 2.90 bits per heavy atom. The van der Waals surface area contributed by atoms with Gasteiger partial charge in [-0.25, -0.2) is 0 Å². The third kappa shape index (κ3) is 1.54. The second-order valence-corrected chi connectivity index (χ2v) is 9.77. The molecule has 1 aliphatic heterocycles. The van der Waals surface area contributed by atoms with E-state index in [0.717, 1.165) is 0 Å². The van der Waals surface area contributed by atoms with Crippen LogP contribution in [0.25, 0.3) is 0 Å². The summed E-state index contributed by atoms with van der Waals surface area (Å²) in [5, 5.41) is 0. The number of thioether (sulfide) groups is 2. The average molecular weight is 271 g/mol. The summed E-state index contributed by atoms with van der Waals surface area (Å²) in [7, 11) is 0. The first-order valence-electron chi connectivity index (χ1n) is 2.76. The van der Waals surface area contributed by atoms with Crippen LogP contribution in [0.15, 0.2) is 7.98 Å². The predicted molar refractivity (Wildman–Crippen MR) is 53.5 cm³/mol. The van der Waals surface area contributed by atoms with Crippen molar-refractivity contribution in [3.63, 3.8) is 0 Å². The van der Waals surface area contributed by atoms with Crippen LogP contribution in [-0.2, 0) is 0 Å². The van der Waals surface area contributed by atoms with Crippen molar-refractivity contribution in [2.24, 2.45) is 0 Å². The van der Waals surface area contributed by atoms with Gasteiger partial charge in [0, 0.05) is 0 Å². The van der Waals surface area contributed by atoms with Crippen LogP contribution in [0.4, 0.5) is 0 Å². The molecule has 0 fully saturated rings. The molecule has 5 heteroatoms. The van der Waals surface area contributed by atoms with Crippen LogP contribution in [0.5, 0.6) is 0 Å². The average Bonchev–Trinajstić information content (AvgIpc) is 2.27. The monoisotopic (exact) mass is 272 g/mol. The zero-order valence-electron chi connectivity index (χ0n) is 4.96. The second kappa shape index (κ2) is 3.33. The zero-order chi connectivity index (χ0) is 6.97. The van der Waals surface area contributed by atoms with E-state index in [9.17, 15) is 0 Å². The molecule has 10 heavy (non-hydrogen) atoms. The first-order chi connectivity index (χ1) is 4.86. The summed E-state index contributed by atoms with van der Waals surface area (Å²) in [6.07, 6.45) is 0. The Bertz CT molecular complexity index is 260. The molecular formula is C5H4S4Se. The number of fused-ring (bicyclic) bond motifs is 1. The molecule has 0 aromatic carbocycles. The molecule has 2 heterocycles. The summed E-state index contributed by atoms with van der Waals surface area (Å²) in [4.78, 5) is 0. The summed E-state index contributed by atoms with van der Waals surface area (Å²) in [5.41, 5.74) is 0. The summed E-state index contributed by atoms with van der Waals surface area (Å²) in [5.74, 6) is 2.56.